The molecule has 5 nitrogen and oxygen atoms in total. The highest BCUT2D eigenvalue weighted by Gasteiger charge is 2.41. The molecule has 0 bridgehead atoms. The van der Waals surface area contributed by atoms with E-state index in [2.05, 4.69) is 0 Å². The van der Waals surface area contributed by atoms with Crippen molar-refractivity contribution in [2.75, 3.05) is 13.1 Å². The number of rotatable bonds is 4. The van der Waals surface area contributed by atoms with Gasteiger partial charge in [-0.15, -0.1) is 0 Å². The number of amides is 1. The van der Waals surface area contributed by atoms with Crippen molar-refractivity contribution in [1.29, 1.82) is 0 Å². The summed E-state index contributed by atoms with van der Waals surface area (Å²) in [5.74, 6) is -2.63. The minimum atomic E-state index is -4.46. The van der Waals surface area contributed by atoms with Gasteiger partial charge >= 0.3 is 18.2 Å². The zero-order valence-corrected chi connectivity index (χ0v) is 14.7. The maximum Gasteiger partial charge on any atom is 0.416 e. The Morgan fingerprint density at radius 3 is 2.25 bits per heavy atom. The van der Waals surface area contributed by atoms with Gasteiger partial charge in [-0.25, -0.2) is 4.79 Å². The smallest absolute Gasteiger partial charge is 0.416 e. The van der Waals surface area contributed by atoms with Crippen molar-refractivity contribution in [3.8, 4) is 0 Å². The van der Waals surface area contributed by atoms with Gasteiger partial charge in [-0.1, -0.05) is 42.5 Å². The molecule has 1 heterocycles. The lowest BCUT2D eigenvalue weighted by Crippen LogP contribution is -2.30. The molecule has 1 N–H and O–H groups in total. The van der Waals surface area contributed by atoms with Gasteiger partial charge in [0.1, 0.15) is 6.61 Å². The highest BCUT2D eigenvalue weighted by atomic mass is 19.4. The van der Waals surface area contributed by atoms with E-state index in [1.807, 2.05) is 6.07 Å². The van der Waals surface area contributed by atoms with Crippen LogP contribution in [0.25, 0.3) is 0 Å². The molecule has 1 saturated heterocycles. The lowest BCUT2D eigenvalue weighted by atomic mass is 9.88. The molecule has 2 aromatic rings. The van der Waals surface area contributed by atoms with Crippen LogP contribution in [0.3, 0.4) is 0 Å². The molecule has 3 rings (SSSR count). The van der Waals surface area contributed by atoms with Gasteiger partial charge in [-0.3, -0.25) is 4.79 Å². The number of ether oxygens (including phenoxy) is 1. The maximum atomic E-state index is 12.7. The molecule has 2 atom stereocenters. The Labute approximate surface area is 159 Å². The Hall–Kier alpha value is -3.03. The average molecular weight is 393 g/mol. The standard InChI is InChI=1S/C20H18F3NO4/c21-20(22,23)15-8-6-14(7-9-15)16-10-24(11-17(16)18(25)26)19(27)28-12-13-4-2-1-3-5-13/h1-9,16-17H,10-12H2,(H,25,26). The van der Waals surface area contributed by atoms with Crippen LogP contribution < -0.4 is 0 Å². The Kier molecular flexibility index (Phi) is 5.58. The topological polar surface area (TPSA) is 66.8 Å². The van der Waals surface area contributed by atoms with Crippen LogP contribution in [0.4, 0.5) is 18.0 Å². The molecule has 28 heavy (non-hydrogen) atoms. The van der Waals surface area contributed by atoms with Crippen LogP contribution in [0, 0.1) is 5.92 Å². The molecule has 8 heteroatoms. The highest BCUT2D eigenvalue weighted by molar-refractivity contribution is 5.75. The summed E-state index contributed by atoms with van der Waals surface area (Å²) in [5, 5.41) is 9.48. The molecule has 1 amide bonds. The lowest BCUT2D eigenvalue weighted by Gasteiger charge is -2.17. The first-order valence-corrected chi connectivity index (χ1v) is 8.61. The van der Waals surface area contributed by atoms with Crippen molar-refractivity contribution in [3.63, 3.8) is 0 Å². The molecule has 1 fully saturated rings. The monoisotopic (exact) mass is 393 g/mol. The maximum absolute atomic E-state index is 12.7. The van der Waals surface area contributed by atoms with Gasteiger partial charge in [0.15, 0.2) is 0 Å². The van der Waals surface area contributed by atoms with E-state index in [0.29, 0.717) is 5.56 Å². The molecule has 2 unspecified atom stereocenters. The number of alkyl halides is 3. The van der Waals surface area contributed by atoms with Crippen molar-refractivity contribution in [3.05, 3.63) is 71.3 Å². The van der Waals surface area contributed by atoms with Crippen molar-refractivity contribution in [2.24, 2.45) is 5.92 Å². The fraction of sp³-hybridized carbons (Fsp3) is 0.300. The van der Waals surface area contributed by atoms with E-state index in [0.717, 1.165) is 17.7 Å². The van der Waals surface area contributed by atoms with Gasteiger partial charge in [-0.2, -0.15) is 13.2 Å². The largest absolute Gasteiger partial charge is 0.481 e. The Balaban J connectivity index is 1.70. The van der Waals surface area contributed by atoms with Crippen molar-refractivity contribution >= 4 is 12.1 Å². The number of benzene rings is 2. The van der Waals surface area contributed by atoms with Crippen LogP contribution >= 0.6 is 0 Å². The number of halogens is 3. The molecule has 1 aliphatic rings. The Morgan fingerprint density at radius 2 is 1.68 bits per heavy atom. The zero-order chi connectivity index (χ0) is 20.3. The van der Waals surface area contributed by atoms with E-state index in [1.165, 1.54) is 17.0 Å². The molecule has 148 valence electrons. The number of carboxylic acids is 1. The zero-order valence-electron chi connectivity index (χ0n) is 14.7. The predicted molar refractivity (Wildman–Crippen MR) is 93.5 cm³/mol. The summed E-state index contributed by atoms with van der Waals surface area (Å²) in [6, 6.07) is 13.4. The normalized spacial score (nSPS) is 19.5. The van der Waals surface area contributed by atoms with Crippen LogP contribution in [0.1, 0.15) is 22.6 Å². The third-order valence-electron chi connectivity index (χ3n) is 4.77. The quantitative estimate of drug-likeness (QED) is 0.848. The van der Waals surface area contributed by atoms with E-state index < -0.39 is 35.6 Å². The summed E-state index contributed by atoms with van der Waals surface area (Å²) in [7, 11) is 0. The van der Waals surface area contributed by atoms with Gasteiger partial charge in [-0.05, 0) is 23.3 Å². The first-order valence-electron chi connectivity index (χ1n) is 8.61. The molecular formula is C20H18F3NO4. The van der Waals surface area contributed by atoms with Gasteiger partial charge in [0.25, 0.3) is 0 Å². The van der Waals surface area contributed by atoms with Gasteiger partial charge in [0.2, 0.25) is 0 Å². The first kappa shape index (κ1) is 19.7. The van der Waals surface area contributed by atoms with Crippen LogP contribution in [-0.2, 0) is 22.3 Å². The van der Waals surface area contributed by atoms with Crippen molar-refractivity contribution in [2.45, 2.75) is 18.7 Å². The summed E-state index contributed by atoms with van der Waals surface area (Å²) in [6.07, 6.45) is -5.11. The first-order chi connectivity index (χ1) is 13.3. The van der Waals surface area contributed by atoms with Crippen LogP contribution in [0.15, 0.2) is 54.6 Å². The number of carboxylic acid groups (broad SMARTS) is 1. The molecule has 1 aliphatic heterocycles. The molecule has 0 aromatic heterocycles. The number of likely N-dealkylation sites (tertiary alicyclic amines) is 1. The van der Waals surface area contributed by atoms with Crippen LogP contribution in [-0.4, -0.2) is 35.2 Å². The summed E-state index contributed by atoms with van der Waals surface area (Å²) in [4.78, 5) is 25.2. The highest BCUT2D eigenvalue weighted by Crippen LogP contribution is 2.35. The SMILES string of the molecule is O=C(O)C1CN(C(=O)OCc2ccccc2)CC1c1ccc(C(F)(F)F)cc1. The molecule has 0 spiro atoms. The number of hydrogen-bond donors (Lipinski definition) is 1. The summed E-state index contributed by atoms with van der Waals surface area (Å²) in [6.45, 7) is 0.0590. The summed E-state index contributed by atoms with van der Waals surface area (Å²) in [5.41, 5.74) is 0.433. The second kappa shape index (κ2) is 7.92. The average Bonchev–Trinajstić information content (AvgIpc) is 3.12. The number of hydrogen-bond acceptors (Lipinski definition) is 3. The number of aliphatic carboxylic acids is 1. The van der Waals surface area contributed by atoms with Crippen LogP contribution in [0.2, 0.25) is 0 Å². The number of carbonyl (C=O) groups excluding carboxylic acids is 1. The van der Waals surface area contributed by atoms with Crippen molar-refractivity contribution < 1.29 is 32.6 Å². The van der Waals surface area contributed by atoms with E-state index in [1.54, 1.807) is 24.3 Å². The van der Waals surface area contributed by atoms with Crippen molar-refractivity contribution in [1.82, 2.24) is 4.90 Å². The van der Waals surface area contributed by atoms with Gasteiger partial charge in [0, 0.05) is 19.0 Å². The van der Waals surface area contributed by atoms with Crippen LogP contribution in [0.5, 0.6) is 0 Å². The molecule has 0 aliphatic carbocycles. The Bertz CT molecular complexity index is 837. The second-order valence-electron chi connectivity index (χ2n) is 6.62. The number of carbonyl (C=O) groups is 2. The summed E-state index contributed by atoms with van der Waals surface area (Å²) >= 11 is 0. The molecule has 0 saturated carbocycles. The minimum Gasteiger partial charge on any atom is -0.481 e. The second-order valence-corrected chi connectivity index (χ2v) is 6.62. The molecular weight excluding hydrogens is 375 g/mol. The molecule has 2 aromatic carbocycles. The lowest BCUT2D eigenvalue weighted by molar-refractivity contribution is -0.141. The molecule has 0 radical (unpaired) electrons. The predicted octanol–water partition coefficient (Wildman–Crippen LogP) is 4.14. The van der Waals surface area contributed by atoms with E-state index >= 15 is 0 Å². The third-order valence-corrected chi connectivity index (χ3v) is 4.77. The summed E-state index contributed by atoms with van der Waals surface area (Å²) < 4.78 is 43.4. The van der Waals surface area contributed by atoms with E-state index in [4.69, 9.17) is 4.74 Å². The van der Waals surface area contributed by atoms with E-state index in [-0.39, 0.29) is 19.7 Å². The fourth-order valence-electron chi connectivity index (χ4n) is 3.27. The van der Waals surface area contributed by atoms with E-state index in [9.17, 15) is 27.9 Å². The number of nitrogens with zero attached hydrogens (tertiary/aromatic N) is 1. The van der Waals surface area contributed by atoms with Gasteiger partial charge < -0.3 is 14.7 Å². The minimum absolute atomic E-state index is 0.0544. The Morgan fingerprint density at radius 1 is 1.04 bits per heavy atom. The fourth-order valence-corrected chi connectivity index (χ4v) is 3.27. The van der Waals surface area contributed by atoms with Gasteiger partial charge in [0.05, 0.1) is 11.5 Å². The third kappa shape index (κ3) is 4.44.